The Morgan fingerprint density at radius 1 is 1.10 bits per heavy atom. The second-order valence-corrected chi connectivity index (χ2v) is 5.25. The van der Waals surface area contributed by atoms with Crippen molar-refractivity contribution in [1.82, 2.24) is 9.55 Å². The third kappa shape index (κ3) is 2.32. The minimum Gasteiger partial charge on any atom is -0.392 e. The maximum absolute atomic E-state index is 9.75. The SMILES string of the molecule is Cc1ccc(-c2nc3ccccc3n2CC(C)O)cc1. The monoisotopic (exact) mass is 266 g/mol. The van der Waals surface area contributed by atoms with Gasteiger partial charge < -0.3 is 9.67 Å². The fourth-order valence-electron chi connectivity index (χ4n) is 2.45. The van der Waals surface area contributed by atoms with Gasteiger partial charge >= 0.3 is 0 Å². The number of aromatic nitrogens is 2. The van der Waals surface area contributed by atoms with E-state index in [1.54, 1.807) is 6.92 Å². The molecule has 3 heteroatoms. The van der Waals surface area contributed by atoms with Gasteiger partial charge in [-0.15, -0.1) is 0 Å². The maximum Gasteiger partial charge on any atom is 0.141 e. The number of rotatable bonds is 3. The lowest BCUT2D eigenvalue weighted by Gasteiger charge is -2.11. The maximum atomic E-state index is 9.75. The smallest absolute Gasteiger partial charge is 0.141 e. The molecule has 0 radical (unpaired) electrons. The first-order valence-electron chi connectivity index (χ1n) is 6.85. The molecule has 0 aliphatic heterocycles. The zero-order valence-electron chi connectivity index (χ0n) is 11.7. The number of hydrogen-bond acceptors (Lipinski definition) is 2. The van der Waals surface area contributed by atoms with E-state index in [1.807, 2.05) is 24.3 Å². The Kier molecular flexibility index (Phi) is 3.28. The van der Waals surface area contributed by atoms with Gasteiger partial charge in [0.2, 0.25) is 0 Å². The summed E-state index contributed by atoms with van der Waals surface area (Å²) in [5.74, 6) is 0.909. The third-order valence-electron chi connectivity index (χ3n) is 3.41. The van der Waals surface area contributed by atoms with Crippen LogP contribution in [0.5, 0.6) is 0 Å². The third-order valence-corrected chi connectivity index (χ3v) is 3.41. The number of hydrogen-bond donors (Lipinski definition) is 1. The van der Waals surface area contributed by atoms with Crippen LogP contribution in [-0.2, 0) is 6.54 Å². The van der Waals surface area contributed by atoms with Crippen LogP contribution in [0.2, 0.25) is 0 Å². The van der Waals surface area contributed by atoms with Crippen molar-refractivity contribution in [1.29, 1.82) is 0 Å². The van der Waals surface area contributed by atoms with Crippen LogP contribution < -0.4 is 0 Å². The first kappa shape index (κ1) is 12.9. The fourth-order valence-corrected chi connectivity index (χ4v) is 2.45. The Labute approximate surface area is 118 Å². The number of benzene rings is 2. The molecule has 102 valence electrons. The molecule has 3 rings (SSSR count). The molecule has 1 atom stereocenters. The molecule has 1 N–H and O–H groups in total. The van der Waals surface area contributed by atoms with E-state index in [4.69, 9.17) is 4.98 Å². The lowest BCUT2D eigenvalue weighted by molar-refractivity contribution is 0.175. The van der Waals surface area contributed by atoms with Crippen molar-refractivity contribution < 1.29 is 5.11 Å². The van der Waals surface area contributed by atoms with Crippen LogP contribution in [0.1, 0.15) is 12.5 Å². The van der Waals surface area contributed by atoms with Crippen molar-refractivity contribution in [2.45, 2.75) is 26.5 Å². The Hall–Kier alpha value is -2.13. The number of aliphatic hydroxyl groups is 1. The van der Waals surface area contributed by atoms with Gasteiger partial charge in [0.15, 0.2) is 0 Å². The second-order valence-electron chi connectivity index (χ2n) is 5.25. The zero-order chi connectivity index (χ0) is 14.1. The summed E-state index contributed by atoms with van der Waals surface area (Å²) < 4.78 is 2.09. The summed E-state index contributed by atoms with van der Waals surface area (Å²) in [4.78, 5) is 4.72. The molecular weight excluding hydrogens is 248 g/mol. The van der Waals surface area contributed by atoms with Gasteiger partial charge in [0.05, 0.1) is 23.7 Å². The summed E-state index contributed by atoms with van der Waals surface area (Å²) in [6.07, 6.45) is -0.406. The van der Waals surface area contributed by atoms with E-state index in [1.165, 1.54) is 5.56 Å². The Balaban J connectivity index is 2.20. The van der Waals surface area contributed by atoms with Gasteiger partial charge in [-0.1, -0.05) is 42.0 Å². The highest BCUT2D eigenvalue weighted by molar-refractivity contribution is 5.80. The Bertz CT molecular complexity index is 726. The van der Waals surface area contributed by atoms with Gasteiger partial charge in [-0.3, -0.25) is 0 Å². The minimum atomic E-state index is -0.406. The molecule has 0 spiro atoms. The van der Waals surface area contributed by atoms with Gasteiger partial charge in [-0.2, -0.15) is 0 Å². The summed E-state index contributed by atoms with van der Waals surface area (Å²) in [5.41, 5.74) is 4.33. The molecule has 1 aromatic heterocycles. The van der Waals surface area contributed by atoms with Crippen LogP contribution >= 0.6 is 0 Å². The van der Waals surface area contributed by atoms with Crippen LogP contribution in [0.3, 0.4) is 0 Å². The molecule has 0 saturated carbocycles. The first-order chi connectivity index (χ1) is 9.65. The van der Waals surface area contributed by atoms with Crippen LogP contribution in [0.15, 0.2) is 48.5 Å². The fraction of sp³-hybridized carbons (Fsp3) is 0.235. The molecule has 0 fully saturated rings. The lowest BCUT2D eigenvalue weighted by atomic mass is 10.1. The minimum absolute atomic E-state index is 0.406. The van der Waals surface area contributed by atoms with Crippen LogP contribution in [0, 0.1) is 6.92 Å². The molecule has 0 aliphatic carbocycles. The number of aryl methyl sites for hydroxylation is 1. The average Bonchev–Trinajstić information content (AvgIpc) is 2.78. The summed E-state index contributed by atoms with van der Waals surface area (Å²) in [6.45, 7) is 4.42. The number of imidazole rings is 1. The molecule has 1 heterocycles. The molecule has 0 saturated heterocycles. The average molecular weight is 266 g/mol. The van der Waals surface area contributed by atoms with Crippen molar-refractivity contribution in [3.05, 3.63) is 54.1 Å². The number of para-hydroxylation sites is 2. The van der Waals surface area contributed by atoms with E-state index in [2.05, 4.69) is 35.8 Å². The van der Waals surface area contributed by atoms with Gasteiger partial charge in [-0.05, 0) is 26.0 Å². The van der Waals surface area contributed by atoms with E-state index in [0.29, 0.717) is 6.54 Å². The van der Waals surface area contributed by atoms with Crippen molar-refractivity contribution in [3.8, 4) is 11.4 Å². The largest absolute Gasteiger partial charge is 0.392 e. The van der Waals surface area contributed by atoms with Crippen LogP contribution in [-0.4, -0.2) is 20.8 Å². The molecule has 1 unspecified atom stereocenters. The van der Waals surface area contributed by atoms with Crippen molar-refractivity contribution in [3.63, 3.8) is 0 Å². The van der Waals surface area contributed by atoms with Crippen molar-refractivity contribution in [2.24, 2.45) is 0 Å². The highest BCUT2D eigenvalue weighted by Crippen LogP contribution is 2.25. The molecule has 3 nitrogen and oxygen atoms in total. The molecule has 3 aromatic rings. The topological polar surface area (TPSA) is 38.0 Å². The van der Waals surface area contributed by atoms with Gasteiger partial charge in [0.25, 0.3) is 0 Å². The lowest BCUT2D eigenvalue weighted by Crippen LogP contribution is -2.12. The van der Waals surface area contributed by atoms with Gasteiger partial charge in [0.1, 0.15) is 5.82 Å². The highest BCUT2D eigenvalue weighted by Gasteiger charge is 2.13. The van der Waals surface area contributed by atoms with Crippen LogP contribution in [0.4, 0.5) is 0 Å². The number of fused-ring (bicyclic) bond motifs is 1. The summed E-state index contributed by atoms with van der Waals surface area (Å²) in [7, 11) is 0. The quantitative estimate of drug-likeness (QED) is 0.789. The zero-order valence-corrected chi connectivity index (χ0v) is 11.7. The summed E-state index contributed by atoms with van der Waals surface area (Å²) in [6, 6.07) is 16.4. The Morgan fingerprint density at radius 3 is 2.50 bits per heavy atom. The van der Waals surface area contributed by atoms with Gasteiger partial charge in [0, 0.05) is 5.56 Å². The summed E-state index contributed by atoms with van der Waals surface area (Å²) >= 11 is 0. The van der Waals surface area contributed by atoms with E-state index in [9.17, 15) is 5.11 Å². The normalized spacial score (nSPS) is 12.8. The van der Waals surface area contributed by atoms with Crippen molar-refractivity contribution >= 4 is 11.0 Å². The standard InChI is InChI=1S/C17H18N2O/c1-12-7-9-14(10-8-12)17-18-15-5-3-4-6-16(15)19(17)11-13(2)20/h3-10,13,20H,11H2,1-2H3. The molecule has 0 bridgehead atoms. The van der Waals surface area contributed by atoms with E-state index < -0.39 is 6.10 Å². The molecule has 0 amide bonds. The molecule has 2 aromatic carbocycles. The highest BCUT2D eigenvalue weighted by atomic mass is 16.3. The van der Waals surface area contributed by atoms with Crippen molar-refractivity contribution in [2.75, 3.05) is 0 Å². The molecule has 0 aliphatic rings. The predicted octanol–water partition coefficient (Wildman–Crippen LogP) is 3.39. The van der Waals surface area contributed by atoms with Crippen LogP contribution in [0.25, 0.3) is 22.4 Å². The van der Waals surface area contributed by atoms with E-state index in [-0.39, 0.29) is 0 Å². The van der Waals surface area contributed by atoms with E-state index >= 15 is 0 Å². The Morgan fingerprint density at radius 2 is 1.80 bits per heavy atom. The molecular formula is C17H18N2O. The molecule has 20 heavy (non-hydrogen) atoms. The second kappa shape index (κ2) is 5.10. The summed E-state index contributed by atoms with van der Waals surface area (Å²) in [5, 5.41) is 9.75. The van der Waals surface area contributed by atoms with E-state index in [0.717, 1.165) is 22.4 Å². The first-order valence-corrected chi connectivity index (χ1v) is 6.85. The van der Waals surface area contributed by atoms with Gasteiger partial charge in [-0.25, -0.2) is 4.98 Å². The number of nitrogens with zero attached hydrogens (tertiary/aromatic N) is 2. The predicted molar refractivity (Wildman–Crippen MR) is 81.6 cm³/mol. The number of aliphatic hydroxyl groups excluding tert-OH is 1.